The first-order valence-corrected chi connectivity index (χ1v) is 6.85. The van der Waals surface area contributed by atoms with E-state index in [1.165, 1.54) is 4.90 Å². The Morgan fingerprint density at radius 1 is 1.25 bits per heavy atom. The van der Waals surface area contributed by atoms with Crippen LogP contribution in [-0.4, -0.2) is 71.6 Å². The molecule has 0 unspecified atom stereocenters. The molecule has 2 aliphatic rings. The maximum absolute atomic E-state index is 12.2. The summed E-state index contributed by atoms with van der Waals surface area (Å²) in [6, 6.07) is 0. The van der Waals surface area contributed by atoms with Gasteiger partial charge < -0.3 is 24.6 Å². The van der Waals surface area contributed by atoms with Gasteiger partial charge in [0.1, 0.15) is 6.10 Å². The lowest BCUT2D eigenvalue weighted by Gasteiger charge is -2.36. The number of ether oxygens (including phenoxy) is 2. The maximum atomic E-state index is 12.2. The van der Waals surface area contributed by atoms with Crippen molar-refractivity contribution in [2.75, 3.05) is 26.8 Å². The van der Waals surface area contributed by atoms with E-state index in [4.69, 9.17) is 14.6 Å². The highest BCUT2D eigenvalue weighted by Gasteiger charge is 2.38. The lowest BCUT2D eigenvalue weighted by molar-refractivity contribution is -0.156. The van der Waals surface area contributed by atoms with E-state index < -0.39 is 23.8 Å². The van der Waals surface area contributed by atoms with Crippen LogP contribution in [0.3, 0.4) is 0 Å². The van der Waals surface area contributed by atoms with Crippen molar-refractivity contribution >= 4 is 11.9 Å². The maximum Gasteiger partial charge on any atom is 0.332 e. The number of nitrogens with zero attached hydrogens (tertiary/aromatic N) is 1. The number of carboxylic acid groups (broad SMARTS) is 1. The van der Waals surface area contributed by atoms with E-state index in [-0.39, 0.29) is 12.5 Å². The predicted octanol–water partition coefficient (Wildman–Crippen LogP) is -0.381. The third-order valence-electron chi connectivity index (χ3n) is 3.90. The van der Waals surface area contributed by atoms with Crippen LogP contribution in [0.25, 0.3) is 0 Å². The van der Waals surface area contributed by atoms with Gasteiger partial charge in [0.2, 0.25) is 0 Å². The van der Waals surface area contributed by atoms with Gasteiger partial charge in [0.05, 0.1) is 5.60 Å². The van der Waals surface area contributed by atoms with Crippen molar-refractivity contribution in [3.63, 3.8) is 0 Å². The molecule has 2 atom stereocenters. The van der Waals surface area contributed by atoms with Gasteiger partial charge in [0, 0.05) is 39.6 Å². The van der Waals surface area contributed by atoms with Gasteiger partial charge in [0.25, 0.3) is 5.91 Å². The Kier molecular flexibility index (Phi) is 4.62. The minimum absolute atomic E-state index is 0.215. The van der Waals surface area contributed by atoms with Crippen molar-refractivity contribution in [3.05, 3.63) is 0 Å². The molecule has 20 heavy (non-hydrogen) atoms. The highest BCUT2D eigenvalue weighted by Crippen LogP contribution is 2.24. The second-order valence-electron chi connectivity index (χ2n) is 5.56. The van der Waals surface area contributed by atoms with E-state index in [0.29, 0.717) is 38.9 Å². The third kappa shape index (κ3) is 3.47. The summed E-state index contributed by atoms with van der Waals surface area (Å²) in [6.45, 7) is 1.19. The number of amides is 1. The fraction of sp³-hybridized carbons (Fsp3) is 0.846. The predicted molar refractivity (Wildman–Crippen MR) is 68.2 cm³/mol. The molecule has 1 amide bonds. The molecule has 7 heteroatoms. The second-order valence-corrected chi connectivity index (χ2v) is 5.56. The van der Waals surface area contributed by atoms with Gasteiger partial charge in [-0.25, -0.2) is 4.79 Å². The van der Waals surface area contributed by atoms with Crippen molar-refractivity contribution in [1.82, 2.24) is 4.90 Å². The van der Waals surface area contributed by atoms with Gasteiger partial charge in [-0.3, -0.25) is 4.79 Å². The summed E-state index contributed by atoms with van der Waals surface area (Å²) in [7, 11) is 1.60. The molecule has 0 radical (unpaired) electrons. The molecule has 0 aromatic carbocycles. The van der Waals surface area contributed by atoms with Gasteiger partial charge in [-0.2, -0.15) is 0 Å². The van der Waals surface area contributed by atoms with Crippen LogP contribution in [0.15, 0.2) is 0 Å². The molecular formula is C13H21NO6. The van der Waals surface area contributed by atoms with E-state index in [1.54, 1.807) is 7.05 Å². The van der Waals surface area contributed by atoms with Crippen molar-refractivity contribution in [2.45, 2.75) is 43.5 Å². The second kappa shape index (κ2) is 6.07. The van der Waals surface area contributed by atoms with Crippen molar-refractivity contribution in [2.24, 2.45) is 0 Å². The SMILES string of the molecule is CN(CC1(O)CCOCC1)C(=O)[C@@H]1CC[C@H](C(=O)O)O1. The zero-order valence-electron chi connectivity index (χ0n) is 11.6. The number of carbonyl (C=O) groups excluding carboxylic acids is 1. The molecule has 0 aromatic rings. The summed E-state index contributed by atoms with van der Waals surface area (Å²) >= 11 is 0. The molecule has 0 aromatic heterocycles. The molecule has 0 aliphatic carbocycles. The summed E-state index contributed by atoms with van der Waals surface area (Å²) in [5, 5.41) is 19.2. The van der Waals surface area contributed by atoms with E-state index in [0.717, 1.165) is 0 Å². The Morgan fingerprint density at radius 3 is 2.40 bits per heavy atom. The average Bonchev–Trinajstić information content (AvgIpc) is 2.87. The molecule has 0 bridgehead atoms. The quantitative estimate of drug-likeness (QED) is 0.731. The molecule has 114 valence electrons. The third-order valence-corrected chi connectivity index (χ3v) is 3.90. The summed E-state index contributed by atoms with van der Waals surface area (Å²) in [4.78, 5) is 24.4. The first-order chi connectivity index (χ1) is 9.41. The molecule has 2 saturated heterocycles. The van der Waals surface area contributed by atoms with Gasteiger partial charge in [-0.15, -0.1) is 0 Å². The molecule has 2 heterocycles. The zero-order chi connectivity index (χ0) is 14.8. The highest BCUT2D eigenvalue weighted by molar-refractivity contribution is 5.82. The summed E-state index contributed by atoms with van der Waals surface area (Å²) in [6.07, 6.45) is 0.120. The number of rotatable bonds is 4. The zero-order valence-corrected chi connectivity index (χ0v) is 11.6. The van der Waals surface area contributed by atoms with E-state index in [1.807, 2.05) is 0 Å². The summed E-state index contributed by atoms with van der Waals surface area (Å²) in [5.74, 6) is -1.31. The van der Waals surface area contributed by atoms with Crippen LogP contribution in [0.4, 0.5) is 0 Å². The van der Waals surface area contributed by atoms with Crippen LogP contribution in [0.5, 0.6) is 0 Å². The number of likely N-dealkylation sites (N-methyl/N-ethyl adjacent to an activating group) is 1. The largest absolute Gasteiger partial charge is 0.479 e. The lowest BCUT2D eigenvalue weighted by Crippen LogP contribution is -2.49. The van der Waals surface area contributed by atoms with Gasteiger partial charge in [-0.05, 0) is 12.8 Å². The van der Waals surface area contributed by atoms with E-state index >= 15 is 0 Å². The molecule has 2 fully saturated rings. The van der Waals surface area contributed by atoms with Gasteiger partial charge >= 0.3 is 5.97 Å². The number of carboxylic acids is 1. The first kappa shape index (κ1) is 15.2. The molecule has 7 nitrogen and oxygen atoms in total. The van der Waals surface area contributed by atoms with Gasteiger partial charge in [0.15, 0.2) is 6.10 Å². The Bertz CT molecular complexity index is 379. The van der Waals surface area contributed by atoms with Crippen LogP contribution < -0.4 is 0 Å². The number of hydrogen-bond acceptors (Lipinski definition) is 5. The number of aliphatic carboxylic acids is 1. The Balaban J connectivity index is 1.87. The summed E-state index contributed by atoms with van der Waals surface area (Å²) < 4.78 is 10.4. The number of carbonyl (C=O) groups is 2. The highest BCUT2D eigenvalue weighted by atomic mass is 16.5. The average molecular weight is 287 g/mol. The minimum Gasteiger partial charge on any atom is -0.479 e. The van der Waals surface area contributed by atoms with Crippen LogP contribution in [0.1, 0.15) is 25.7 Å². The molecule has 0 spiro atoms. The topological polar surface area (TPSA) is 96.3 Å². The molecule has 0 saturated carbocycles. The van der Waals surface area contributed by atoms with Crippen LogP contribution in [0.2, 0.25) is 0 Å². The fourth-order valence-corrected chi connectivity index (χ4v) is 2.68. The Hall–Kier alpha value is -1.18. The van der Waals surface area contributed by atoms with Crippen molar-refractivity contribution in [3.8, 4) is 0 Å². The van der Waals surface area contributed by atoms with Crippen LogP contribution in [-0.2, 0) is 19.1 Å². The Labute approximate surface area is 117 Å². The van der Waals surface area contributed by atoms with Gasteiger partial charge in [-0.1, -0.05) is 0 Å². The Morgan fingerprint density at radius 2 is 1.85 bits per heavy atom. The van der Waals surface area contributed by atoms with E-state index in [2.05, 4.69) is 0 Å². The normalized spacial score (nSPS) is 29.1. The molecule has 2 N–H and O–H groups in total. The van der Waals surface area contributed by atoms with Crippen molar-refractivity contribution in [1.29, 1.82) is 0 Å². The first-order valence-electron chi connectivity index (χ1n) is 6.85. The minimum atomic E-state index is -1.04. The molecule has 2 rings (SSSR count). The number of aliphatic hydroxyl groups is 1. The monoisotopic (exact) mass is 287 g/mol. The lowest BCUT2D eigenvalue weighted by atomic mass is 9.94. The number of hydrogen-bond donors (Lipinski definition) is 2. The van der Waals surface area contributed by atoms with Crippen molar-refractivity contribution < 1.29 is 29.3 Å². The molecule has 2 aliphatic heterocycles. The van der Waals surface area contributed by atoms with E-state index in [9.17, 15) is 14.7 Å². The smallest absolute Gasteiger partial charge is 0.332 e. The fourth-order valence-electron chi connectivity index (χ4n) is 2.68. The summed E-state index contributed by atoms with van der Waals surface area (Å²) in [5.41, 5.74) is -0.923. The molecular weight excluding hydrogens is 266 g/mol. The van der Waals surface area contributed by atoms with Crippen LogP contribution >= 0.6 is 0 Å². The standard InChI is InChI=1S/C13H21NO6/c1-14(8-13(18)4-6-19-7-5-13)11(15)9-2-3-10(20-9)12(16)17/h9-10,18H,2-8H2,1H3,(H,16,17)/t9-,10+/m0/s1. The van der Waals surface area contributed by atoms with Crippen LogP contribution in [0, 0.1) is 0 Å².